The number of ketones is 1. The lowest BCUT2D eigenvalue weighted by atomic mass is 9.96. The maximum Gasteiger partial charge on any atom is 0.307 e. The minimum absolute atomic E-state index is 0.0157. The second-order valence-corrected chi connectivity index (χ2v) is 4.90. The first kappa shape index (κ1) is 11.8. The van der Waals surface area contributed by atoms with Crippen molar-refractivity contribution < 1.29 is 14.7 Å². The van der Waals surface area contributed by atoms with Crippen LogP contribution >= 0.6 is 0 Å². The second-order valence-electron chi connectivity index (χ2n) is 4.90. The highest BCUT2D eigenvalue weighted by atomic mass is 16.4. The number of hydrogen-bond acceptors (Lipinski definition) is 2. The fraction of sp³-hybridized carbons (Fsp3) is 0.429. The van der Waals surface area contributed by atoms with Crippen LogP contribution in [0.4, 0.5) is 0 Å². The van der Waals surface area contributed by atoms with E-state index < -0.39 is 11.9 Å². The van der Waals surface area contributed by atoms with Gasteiger partial charge < -0.3 is 5.11 Å². The molecule has 1 aliphatic carbocycles. The van der Waals surface area contributed by atoms with Crippen LogP contribution in [0.2, 0.25) is 0 Å². The van der Waals surface area contributed by atoms with E-state index in [1.807, 2.05) is 32.9 Å². The number of Topliss-reactive ketones (excluding diaryl/α,β-unsaturated/α-hetero) is 1. The van der Waals surface area contributed by atoms with Gasteiger partial charge in [0.15, 0.2) is 5.78 Å². The van der Waals surface area contributed by atoms with Crippen molar-refractivity contribution in [1.29, 1.82) is 0 Å². The van der Waals surface area contributed by atoms with E-state index >= 15 is 0 Å². The van der Waals surface area contributed by atoms with E-state index in [4.69, 9.17) is 5.11 Å². The van der Waals surface area contributed by atoms with Gasteiger partial charge in [-0.3, -0.25) is 9.59 Å². The Morgan fingerprint density at radius 1 is 1.06 bits per heavy atom. The maximum absolute atomic E-state index is 12.1. The first-order chi connectivity index (χ1) is 7.91. The number of carboxylic acids is 1. The molecule has 3 heteroatoms. The molecule has 3 nitrogen and oxygen atoms in total. The standard InChI is InChI=1S/C14H16O3/c1-7-4-9(3)10(5-8(7)2)13(15)11-6-12(11)14(16)17/h4-5,11-12H,6H2,1-3H3,(H,16,17). The van der Waals surface area contributed by atoms with Crippen LogP contribution in [-0.2, 0) is 4.79 Å². The third-order valence-corrected chi connectivity index (χ3v) is 3.55. The molecule has 0 radical (unpaired) electrons. The Bertz CT molecular complexity index is 502. The smallest absolute Gasteiger partial charge is 0.307 e. The predicted molar refractivity (Wildman–Crippen MR) is 64.2 cm³/mol. The van der Waals surface area contributed by atoms with Gasteiger partial charge in [0.25, 0.3) is 0 Å². The van der Waals surface area contributed by atoms with Crippen molar-refractivity contribution in [3.63, 3.8) is 0 Å². The monoisotopic (exact) mass is 232 g/mol. The van der Waals surface area contributed by atoms with Crippen LogP contribution in [0.25, 0.3) is 0 Å². The molecule has 1 N–H and O–H groups in total. The molecule has 1 aromatic rings. The van der Waals surface area contributed by atoms with Crippen molar-refractivity contribution in [2.45, 2.75) is 27.2 Å². The molecule has 2 rings (SSSR count). The average molecular weight is 232 g/mol. The molecule has 1 fully saturated rings. The normalized spacial score (nSPS) is 22.3. The second kappa shape index (κ2) is 3.99. The summed E-state index contributed by atoms with van der Waals surface area (Å²) in [7, 11) is 0. The zero-order chi connectivity index (χ0) is 12.7. The summed E-state index contributed by atoms with van der Waals surface area (Å²) >= 11 is 0. The molecule has 0 aliphatic heterocycles. The van der Waals surface area contributed by atoms with Crippen LogP contribution in [-0.4, -0.2) is 16.9 Å². The van der Waals surface area contributed by atoms with E-state index in [1.54, 1.807) is 0 Å². The van der Waals surface area contributed by atoms with Crippen LogP contribution in [0, 0.1) is 32.6 Å². The van der Waals surface area contributed by atoms with Crippen molar-refractivity contribution in [1.82, 2.24) is 0 Å². The molecule has 2 unspecified atom stereocenters. The molecule has 1 saturated carbocycles. The van der Waals surface area contributed by atoms with E-state index in [-0.39, 0.29) is 11.7 Å². The van der Waals surface area contributed by atoms with Crippen molar-refractivity contribution in [3.05, 3.63) is 34.4 Å². The highest BCUT2D eigenvalue weighted by molar-refractivity contribution is 6.03. The largest absolute Gasteiger partial charge is 0.481 e. The minimum atomic E-state index is -0.857. The molecule has 2 atom stereocenters. The quantitative estimate of drug-likeness (QED) is 0.815. The average Bonchev–Trinajstić information content (AvgIpc) is 3.02. The van der Waals surface area contributed by atoms with Crippen LogP contribution in [0.5, 0.6) is 0 Å². The molecule has 1 aromatic carbocycles. The van der Waals surface area contributed by atoms with Crippen molar-refractivity contribution in [2.24, 2.45) is 11.8 Å². The molecular formula is C14H16O3. The zero-order valence-corrected chi connectivity index (χ0v) is 10.3. The van der Waals surface area contributed by atoms with Crippen molar-refractivity contribution >= 4 is 11.8 Å². The van der Waals surface area contributed by atoms with Gasteiger partial charge in [-0.25, -0.2) is 0 Å². The number of aryl methyl sites for hydroxylation is 3. The van der Waals surface area contributed by atoms with Crippen LogP contribution in [0.3, 0.4) is 0 Å². The number of benzene rings is 1. The molecule has 17 heavy (non-hydrogen) atoms. The summed E-state index contributed by atoms with van der Waals surface area (Å²) in [5, 5.41) is 8.84. The van der Waals surface area contributed by atoms with Gasteiger partial charge in [0.1, 0.15) is 0 Å². The minimum Gasteiger partial charge on any atom is -0.481 e. The lowest BCUT2D eigenvalue weighted by Gasteiger charge is -2.08. The van der Waals surface area contributed by atoms with E-state index in [1.165, 1.54) is 0 Å². The third-order valence-electron chi connectivity index (χ3n) is 3.55. The lowest BCUT2D eigenvalue weighted by Crippen LogP contribution is -2.10. The van der Waals surface area contributed by atoms with Gasteiger partial charge in [-0.2, -0.15) is 0 Å². The summed E-state index contributed by atoms with van der Waals surface area (Å²) in [6.07, 6.45) is 0.487. The Morgan fingerprint density at radius 2 is 1.65 bits per heavy atom. The summed E-state index contributed by atoms with van der Waals surface area (Å²) in [5.74, 6) is -1.65. The summed E-state index contributed by atoms with van der Waals surface area (Å²) < 4.78 is 0. The van der Waals surface area contributed by atoms with Gasteiger partial charge in [0, 0.05) is 11.5 Å². The lowest BCUT2D eigenvalue weighted by molar-refractivity contribution is -0.138. The van der Waals surface area contributed by atoms with Crippen molar-refractivity contribution in [3.8, 4) is 0 Å². The van der Waals surface area contributed by atoms with Gasteiger partial charge in [-0.15, -0.1) is 0 Å². The number of carboxylic acid groups (broad SMARTS) is 1. The van der Waals surface area contributed by atoms with E-state index in [0.717, 1.165) is 16.7 Å². The Morgan fingerprint density at radius 3 is 2.18 bits per heavy atom. The first-order valence-electron chi connectivity index (χ1n) is 5.76. The van der Waals surface area contributed by atoms with Crippen LogP contribution in [0.15, 0.2) is 12.1 Å². The topological polar surface area (TPSA) is 54.4 Å². The van der Waals surface area contributed by atoms with Crippen molar-refractivity contribution in [2.75, 3.05) is 0 Å². The summed E-state index contributed by atoms with van der Waals surface area (Å²) in [4.78, 5) is 22.9. The molecule has 0 saturated heterocycles. The number of hydrogen-bond donors (Lipinski definition) is 1. The Balaban J connectivity index is 2.27. The van der Waals surface area contributed by atoms with Crippen LogP contribution < -0.4 is 0 Å². The number of carbonyl (C=O) groups excluding carboxylic acids is 1. The zero-order valence-electron chi connectivity index (χ0n) is 10.3. The number of rotatable bonds is 3. The fourth-order valence-electron chi connectivity index (χ4n) is 2.18. The molecule has 0 bridgehead atoms. The molecule has 90 valence electrons. The number of aliphatic carboxylic acids is 1. The Kier molecular flexibility index (Phi) is 2.77. The molecule has 0 heterocycles. The SMILES string of the molecule is Cc1cc(C)c(C(=O)C2CC2C(=O)O)cc1C. The number of carbonyl (C=O) groups is 2. The van der Waals surface area contributed by atoms with Gasteiger partial charge in [0.05, 0.1) is 5.92 Å². The van der Waals surface area contributed by atoms with Gasteiger partial charge in [-0.05, 0) is 49.9 Å². The van der Waals surface area contributed by atoms with E-state index in [0.29, 0.717) is 12.0 Å². The molecule has 1 aliphatic rings. The molecular weight excluding hydrogens is 216 g/mol. The fourth-order valence-corrected chi connectivity index (χ4v) is 2.18. The molecule has 0 aromatic heterocycles. The highest BCUT2D eigenvalue weighted by Gasteiger charge is 2.48. The highest BCUT2D eigenvalue weighted by Crippen LogP contribution is 2.41. The Hall–Kier alpha value is -1.64. The summed E-state index contributed by atoms with van der Waals surface area (Å²) in [6, 6.07) is 3.87. The van der Waals surface area contributed by atoms with Gasteiger partial charge in [-0.1, -0.05) is 6.07 Å². The molecule has 0 spiro atoms. The van der Waals surface area contributed by atoms with E-state index in [9.17, 15) is 9.59 Å². The van der Waals surface area contributed by atoms with Gasteiger partial charge >= 0.3 is 5.97 Å². The first-order valence-corrected chi connectivity index (χ1v) is 5.76. The maximum atomic E-state index is 12.1. The molecule has 0 amide bonds. The predicted octanol–water partition coefficient (Wildman–Crippen LogP) is 2.52. The Labute approximate surface area is 100 Å². The van der Waals surface area contributed by atoms with Gasteiger partial charge in [0.2, 0.25) is 0 Å². The third kappa shape index (κ3) is 2.09. The summed E-state index contributed by atoms with van der Waals surface area (Å²) in [6.45, 7) is 5.87. The van der Waals surface area contributed by atoms with E-state index in [2.05, 4.69) is 0 Å². The van der Waals surface area contributed by atoms with Crippen LogP contribution in [0.1, 0.15) is 33.5 Å². The summed E-state index contributed by atoms with van der Waals surface area (Å²) in [5.41, 5.74) is 3.85.